The number of carbonyl (C=O) groups is 2. The molecule has 184 valence electrons. The van der Waals surface area contributed by atoms with Gasteiger partial charge in [-0.25, -0.2) is 4.79 Å². The van der Waals surface area contributed by atoms with E-state index in [1.807, 2.05) is 12.1 Å². The Kier molecular flexibility index (Phi) is 8.01. The van der Waals surface area contributed by atoms with Crippen LogP contribution in [0.3, 0.4) is 0 Å². The number of nitrogens with one attached hydrogen (secondary N) is 1. The Morgan fingerprint density at radius 2 is 1.71 bits per heavy atom. The Morgan fingerprint density at radius 3 is 2.40 bits per heavy atom. The number of benzene rings is 3. The molecule has 0 bridgehead atoms. The molecule has 3 aromatic rings. The number of carboxylic acid groups (broad SMARTS) is 1. The lowest BCUT2D eigenvalue weighted by Gasteiger charge is -2.14. The second kappa shape index (κ2) is 10.9. The van der Waals surface area contributed by atoms with Crippen molar-refractivity contribution < 1.29 is 37.3 Å². The number of hydrogen-bond donors (Lipinski definition) is 2. The summed E-state index contributed by atoms with van der Waals surface area (Å²) in [5.41, 5.74) is 2.28. The van der Waals surface area contributed by atoms with E-state index in [0.29, 0.717) is 16.9 Å². The molecule has 9 heteroatoms. The number of carbonyl (C=O) groups excluding carboxylic acids is 1. The Morgan fingerprint density at radius 1 is 1.00 bits per heavy atom. The average Bonchev–Trinajstić information content (AvgIpc) is 2.85. The second-order valence-corrected chi connectivity index (χ2v) is 7.84. The third-order valence-electron chi connectivity index (χ3n) is 5.42. The first kappa shape index (κ1) is 25.6. The van der Waals surface area contributed by atoms with Crippen LogP contribution < -0.4 is 10.1 Å². The van der Waals surface area contributed by atoms with Crippen LogP contribution >= 0.6 is 0 Å². The molecule has 0 aromatic heterocycles. The van der Waals surface area contributed by atoms with Gasteiger partial charge in [-0.15, -0.1) is 0 Å². The first-order valence-corrected chi connectivity index (χ1v) is 10.7. The largest absolute Gasteiger partial charge is 0.496 e. The summed E-state index contributed by atoms with van der Waals surface area (Å²) in [4.78, 5) is 23.5. The Hall–Kier alpha value is -4.01. The van der Waals surface area contributed by atoms with Crippen LogP contribution in [-0.2, 0) is 28.9 Å². The summed E-state index contributed by atoms with van der Waals surface area (Å²) in [5.74, 6) is -1.08. The molecule has 1 atom stereocenters. The number of carboxylic acids is 1. The molecule has 0 aliphatic rings. The molecular weight excluding hydrogens is 463 g/mol. The molecule has 0 aliphatic carbocycles. The van der Waals surface area contributed by atoms with Gasteiger partial charge in [0.1, 0.15) is 12.4 Å². The molecule has 1 amide bonds. The molecule has 0 fully saturated rings. The predicted molar refractivity (Wildman–Crippen MR) is 123 cm³/mol. The summed E-state index contributed by atoms with van der Waals surface area (Å²) in [6.45, 7) is 1.33. The van der Waals surface area contributed by atoms with Crippen LogP contribution in [0.1, 0.15) is 35.1 Å². The van der Waals surface area contributed by atoms with Gasteiger partial charge in [-0.1, -0.05) is 42.5 Å². The summed E-state index contributed by atoms with van der Waals surface area (Å²) >= 11 is 0. The number of rotatable bonds is 8. The summed E-state index contributed by atoms with van der Waals surface area (Å²) in [6.07, 6.45) is -5.28. The Labute approximate surface area is 200 Å². The quantitative estimate of drug-likeness (QED) is 0.407. The molecule has 0 spiro atoms. The van der Waals surface area contributed by atoms with Crippen LogP contribution in [0.25, 0.3) is 11.1 Å². The van der Waals surface area contributed by atoms with Crippen LogP contribution in [0.5, 0.6) is 5.75 Å². The van der Waals surface area contributed by atoms with E-state index in [9.17, 15) is 27.9 Å². The maximum absolute atomic E-state index is 12.8. The zero-order valence-electron chi connectivity index (χ0n) is 19.1. The topological polar surface area (TPSA) is 84.9 Å². The summed E-state index contributed by atoms with van der Waals surface area (Å²) in [5, 5.41) is 11.8. The lowest BCUT2D eigenvalue weighted by Crippen LogP contribution is -2.24. The van der Waals surface area contributed by atoms with E-state index in [1.54, 1.807) is 37.3 Å². The highest BCUT2D eigenvalue weighted by Crippen LogP contribution is 2.30. The molecule has 2 N–H and O–H groups in total. The zero-order chi connectivity index (χ0) is 25.6. The highest BCUT2D eigenvalue weighted by molar-refractivity contribution is 5.77. The van der Waals surface area contributed by atoms with E-state index in [4.69, 9.17) is 9.47 Å². The molecule has 0 aliphatic heterocycles. The van der Waals surface area contributed by atoms with Gasteiger partial charge in [-0.3, -0.25) is 4.79 Å². The summed E-state index contributed by atoms with van der Waals surface area (Å²) in [7, 11) is 1.49. The van der Waals surface area contributed by atoms with Crippen molar-refractivity contribution in [3.05, 3.63) is 89.0 Å². The van der Waals surface area contributed by atoms with Crippen LogP contribution in [0, 0.1) is 0 Å². The van der Waals surface area contributed by atoms with Crippen LogP contribution in [0.15, 0.2) is 66.7 Å². The van der Waals surface area contributed by atoms with Crippen molar-refractivity contribution in [1.29, 1.82) is 0 Å². The van der Waals surface area contributed by atoms with Gasteiger partial charge in [-0.2, -0.15) is 13.2 Å². The van der Waals surface area contributed by atoms with Gasteiger partial charge in [0.25, 0.3) is 0 Å². The van der Waals surface area contributed by atoms with Gasteiger partial charge in [-0.05, 0) is 53.4 Å². The monoisotopic (exact) mass is 487 g/mol. The van der Waals surface area contributed by atoms with Crippen molar-refractivity contribution in [2.45, 2.75) is 32.2 Å². The highest BCUT2D eigenvalue weighted by Gasteiger charge is 2.30. The summed E-state index contributed by atoms with van der Waals surface area (Å²) in [6, 6.07) is 17.1. The molecule has 35 heavy (non-hydrogen) atoms. The first-order chi connectivity index (χ1) is 16.6. The fourth-order valence-corrected chi connectivity index (χ4v) is 3.43. The maximum atomic E-state index is 12.8. The number of hydrogen-bond acceptors (Lipinski definition) is 4. The Balaban J connectivity index is 1.68. The molecule has 0 saturated heterocycles. The van der Waals surface area contributed by atoms with Crippen molar-refractivity contribution in [2.24, 2.45) is 0 Å². The predicted octanol–water partition coefficient (Wildman–Crippen LogP) is 6.00. The fraction of sp³-hybridized carbons (Fsp3) is 0.231. The van der Waals surface area contributed by atoms with E-state index < -0.39 is 29.7 Å². The van der Waals surface area contributed by atoms with E-state index >= 15 is 0 Å². The van der Waals surface area contributed by atoms with Gasteiger partial charge < -0.3 is 19.9 Å². The molecule has 1 unspecified atom stereocenters. The van der Waals surface area contributed by atoms with E-state index in [-0.39, 0.29) is 18.7 Å². The minimum Gasteiger partial charge on any atom is -0.496 e. The number of halogens is 3. The summed E-state index contributed by atoms with van der Waals surface area (Å²) < 4.78 is 48.9. The molecule has 0 heterocycles. The van der Waals surface area contributed by atoms with Gasteiger partial charge >= 0.3 is 18.2 Å². The molecular formula is C26H24F3NO5. The highest BCUT2D eigenvalue weighted by atomic mass is 19.4. The smallest absolute Gasteiger partial charge is 0.416 e. The molecule has 3 aromatic carbocycles. The third-order valence-corrected chi connectivity index (χ3v) is 5.42. The van der Waals surface area contributed by atoms with Crippen LogP contribution in [0.4, 0.5) is 18.0 Å². The number of aliphatic carboxylic acids is 1. The van der Waals surface area contributed by atoms with Crippen LogP contribution in [-0.4, -0.2) is 24.3 Å². The van der Waals surface area contributed by atoms with Crippen LogP contribution in [0.2, 0.25) is 0 Å². The molecule has 0 saturated carbocycles. The van der Waals surface area contributed by atoms with Crippen molar-refractivity contribution in [1.82, 2.24) is 5.32 Å². The minimum atomic E-state index is -4.48. The average molecular weight is 487 g/mol. The van der Waals surface area contributed by atoms with Crippen molar-refractivity contribution >= 4 is 12.1 Å². The van der Waals surface area contributed by atoms with Gasteiger partial charge in [0, 0.05) is 12.1 Å². The molecule has 6 nitrogen and oxygen atoms in total. The standard InChI is InChI=1S/C26H24F3NO5/c1-16(24(31)32)18-6-4-7-19(12-18)20-9-10-23(34-2)21(13-20)14-30-25(33)35-15-17-5-3-8-22(11-17)26(27,28)29/h3-13,16H,14-15H2,1-2H3,(H,30,33)(H,31,32). The lowest BCUT2D eigenvalue weighted by molar-refractivity contribution is -0.139. The second-order valence-electron chi connectivity index (χ2n) is 7.84. The number of alkyl carbamates (subject to hydrolysis) is 1. The normalized spacial score (nSPS) is 12.0. The number of amides is 1. The number of alkyl halides is 3. The molecule has 3 rings (SSSR count). The SMILES string of the molecule is COc1ccc(-c2cccc(C(C)C(=O)O)c2)cc1CNC(=O)OCc1cccc(C(F)(F)F)c1. The first-order valence-electron chi connectivity index (χ1n) is 10.7. The third kappa shape index (κ3) is 6.75. The Bertz CT molecular complexity index is 1210. The van der Waals surface area contributed by atoms with E-state index in [2.05, 4.69) is 5.32 Å². The number of methoxy groups -OCH3 is 1. The van der Waals surface area contributed by atoms with Crippen molar-refractivity contribution in [2.75, 3.05) is 7.11 Å². The minimum absolute atomic E-state index is 0.0453. The van der Waals surface area contributed by atoms with Crippen molar-refractivity contribution in [3.63, 3.8) is 0 Å². The van der Waals surface area contributed by atoms with Gasteiger partial charge in [0.05, 0.1) is 18.6 Å². The molecule has 0 radical (unpaired) electrons. The zero-order valence-corrected chi connectivity index (χ0v) is 19.1. The van der Waals surface area contributed by atoms with Gasteiger partial charge in [0.15, 0.2) is 0 Å². The number of ether oxygens (including phenoxy) is 2. The van der Waals surface area contributed by atoms with E-state index in [0.717, 1.165) is 23.3 Å². The van der Waals surface area contributed by atoms with Crippen molar-refractivity contribution in [3.8, 4) is 16.9 Å². The van der Waals surface area contributed by atoms with E-state index in [1.165, 1.54) is 19.2 Å². The van der Waals surface area contributed by atoms with Gasteiger partial charge in [0.2, 0.25) is 0 Å². The maximum Gasteiger partial charge on any atom is 0.416 e. The lowest BCUT2D eigenvalue weighted by atomic mass is 9.95. The fourth-order valence-electron chi connectivity index (χ4n) is 3.43.